The maximum absolute atomic E-state index is 11.5. The van der Waals surface area contributed by atoms with E-state index in [0.717, 1.165) is 4.57 Å². The Balaban J connectivity index is 2.32. The van der Waals surface area contributed by atoms with Gasteiger partial charge in [-0.2, -0.15) is 4.98 Å². The Bertz CT molecular complexity index is 462. The van der Waals surface area contributed by atoms with E-state index in [1.807, 2.05) is 0 Å². The Hall–Kier alpha value is -1.48. The highest BCUT2D eigenvalue weighted by Gasteiger charge is 2.43. The zero-order valence-electron chi connectivity index (χ0n) is 8.80. The molecule has 2 rings (SSSR count). The molecule has 94 valence electrons. The molecule has 0 radical (unpaired) electrons. The molecule has 1 fully saturated rings. The second kappa shape index (κ2) is 4.41. The predicted molar refractivity (Wildman–Crippen MR) is 55.9 cm³/mol. The first kappa shape index (κ1) is 12.0. The summed E-state index contributed by atoms with van der Waals surface area (Å²) in [6.07, 6.45) is -3.27. The van der Waals surface area contributed by atoms with Crippen LogP contribution in [0.3, 0.4) is 0 Å². The van der Waals surface area contributed by atoms with E-state index in [-0.39, 0.29) is 5.82 Å². The minimum Gasteiger partial charge on any atom is -0.394 e. The van der Waals surface area contributed by atoms with Gasteiger partial charge in [0.1, 0.15) is 24.1 Å². The Kier molecular flexibility index (Phi) is 3.11. The van der Waals surface area contributed by atoms with Crippen LogP contribution in [0.2, 0.25) is 0 Å². The average molecular weight is 255 g/mol. The van der Waals surface area contributed by atoms with Crippen molar-refractivity contribution in [3.63, 3.8) is 0 Å². The van der Waals surface area contributed by atoms with E-state index in [0.29, 0.717) is 0 Å². The molecule has 1 aromatic heterocycles. The van der Waals surface area contributed by atoms with Gasteiger partial charge in [-0.1, -0.05) is 0 Å². The van der Waals surface area contributed by atoms with Crippen LogP contribution in [0.15, 0.2) is 17.1 Å². The first-order valence-corrected chi connectivity index (χ1v) is 5.01. The molecule has 4 atom stereocenters. The highest BCUT2D eigenvalue weighted by atomic mass is 16.8. The molecule has 0 aliphatic carbocycles. The fourth-order valence-corrected chi connectivity index (χ4v) is 1.73. The van der Waals surface area contributed by atoms with Crippen molar-refractivity contribution < 1.29 is 20.1 Å². The molecule has 1 aromatic rings. The van der Waals surface area contributed by atoms with Crippen LogP contribution in [0.4, 0.5) is 5.82 Å². The third kappa shape index (κ3) is 2.03. The van der Waals surface area contributed by atoms with Crippen molar-refractivity contribution in [3.05, 3.63) is 22.7 Å². The number of nitrogens with zero attached hydrogens (tertiary/aromatic N) is 2. The Labute approximate surface area is 95.9 Å². The molecule has 1 aliphatic heterocycles. The van der Waals surface area contributed by atoms with Crippen LogP contribution < -0.4 is 11.4 Å². The van der Waals surface area contributed by atoms with Crippen molar-refractivity contribution in [1.82, 2.24) is 9.55 Å². The standard InChI is InChI=1S/C9H13N3O5/c10-5-1-2-12(9(16)11-5)8-7(15)6(14)4(3-13)17-8/h1-2,4,6-8,13-15H,3H2,(H2,10,11,16)/t4-,6-,7-,8-/m1/s1/i1+1,2+1,3+1,4+1,5+1,6+1,7+1,8+1,9+1,10+1,11+1,12+1. The number of aromatic nitrogens is 2. The Morgan fingerprint density at radius 2 is 2.18 bits per heavy atom. The van der Waals surface area contributed by atoms with Crippen LogP contribution in [-0.2, 0) is 4.74 Å². The quantitative estimate of drug-likeness (QED) is 0.337. The largest absolute Gasteiger partial charge is 0.394 e. The third-order valence-electron chi connectivity index (χ3n) is 2.64. The Morgan fingerprint density at radius 3 is 2.71 bits per heavy atom. The molecule has 8 heteroatoms. The SMILES string of the molecule is [15NH2][13c]1[13cH][13cH][15n]([13C@@H]2O[13C@H]([13CH2]O)[13C@@H](O)[13C@H]2O)[13c](=O)[15n]1. The maximum Gasteiger partial charge on any atom is 0.351 e. The number of hydrogen-bond donors (Lipinski definition) is 4. The summed E-state index contributed by atoms with van der Waals surface area (Å²) in [5.41, 5.74) is 4.63. The number of nitrogens with two attached hydrogens (primary N) is 1. The van der Waals surface area contributed by atoms with Crippen LogP contribution >= 0.6 is 0 Å². The highest BCUT2D eigenvalue weighted by Crippen LogP contribution is 2.27. The van der Waals surface area contributed by atoms with Crippen molar-refractivity contribution in [2.24, 2.45) is 0 Å². The maximum atomic E-state index is 11.5. The molecule has 5 N–H and O–H groups in total. The molecular formula is C9H13N3O5. The van der Waals surface area contributed by atoms with Gasteiger partial charge in [-0.3, -0.25) is 4.57 Å². The van der Waals surface area contributed by atoms with Crippen molar-refractivity contribution in [1.29, 1.82) is 0 Å². The van der Waals surface area contributed by atoms with Gasteiger partial charge in [0.15, 0.2) is 6.23 Å². The van der Waals surface area contributed by atoms with Crippen LogP contribution in [0, 0.1) is 0 Å². The number of ether oxygens (including phenoxy) is 1. The lowest BCUT2D eigenvalue weighted by Crippen LogP contribution is -2.36. The zero-order chi connectivity index (χ0) is 12.6. The summed E-state index contributed by atoms with van der Waals surface area (Å²) in [7, 11) is 0. The second-order valence-corrected chi connectivity index (χ2v) is 3.77. The monoisotopic (exact) mass is 255 g/mol. The minimum absolute atomic E-state index is 0.0537. The molecule has 17 heavy (non-hydrogen) atoms. The first-order valence-electron chi connectivity index (χ1n) is 5.01. The number of aliphatic hydroxyl groups is 3. The molecular weight excluding hydrogens is 242 g/mol. The fraction of sp³-hybridized carbons (Fsp3) is 0.556. The molecule has 8 nitrogen and oxygen atoms in total. The van der Waals surface area contributed by atoms with Gasteiger partial charge in [0.2, 0.25) is 0 Å². The molecule has 0 unspecified atom stereocenters. The third-order valence-corrected chi connectivity index (χ3v) is 2.64. The summed E-state index contributed by atoms with van der Waals surface area (Å²) in [4.78, 5) is 15.0. The lowest BCUT2D eigenvalue weighted by molar-refractivity contribution is -0.0549. The summed E-state index contributed by atoms with van der Waals surface area (Å²) in [6, 6.07) is 1.37. The normalized spacial score (nSPS) is 32.9. The number of hydrogen-bond acceptors (Lipinski definition) is 7. The van der Waals surface area contributed by atoms with E-state index >= 15 is 0 Å². The molecule has 1 saturated heterocycles. The topological polar surface area (TPSA) is 131 Å². The van der Waals surface area contributed by atoms with E-state index in [1.165, 1.54) is 12.3 Å². The predicted octanol–water partition coefficient (Wildman–Crippen LogP) is -2.56. The summed E-state index contributed by atoms with van der Waals surface area (Å²) >= 11 is 0. The number of rotatable bonds is 2. The second-order valence-electron chi connectivity index (χ2n) is 3.77. The Morgan fingerprint density at radius 1 is 1.47 bits per heavy atom. The fourth-order valence-electron chi connectivity index (χ4n) is 1.73. The molecule has 1 aliphatic rings. The van der Waals surface area contributed by atoms with E-state index in [1.54, 1.807) is 0 Å². The molecule has 0 amide bonds. The van der Waals surface area contributed by atoms with Gasteiger partial charge in [0, 0.05) is 6.20 Å². The van der Waals surface area contributed by atoms with Crippen molar-refractivity contribution >= 4 is 5.82 Å². The lowest BCUT2D eigenvalue weighted by Gasteiger charge is -2.16. The van der Waals surface area contributed by atoms with Gasteiger partial charge >= 0.3 is 5.69 Å². The summed E-state index contributed by atoms with van der Waals surface area (Å²) in [5, 5.41) is 28.2. The van der Waals surface area contributed by atoms with Crippen molar-refractivity contribution in [2.75, 3.05) is 12.3 Å². The van der Waals surface area contributed by atoms with E-state index < -0.39 is 36.8 Å². The molecule has 0 aromatic carbocycles. The minimum atomic E-state index is -1.31. The molecule has 2 heterocycles. The number of aliphatic hydroxyl groups excluding tert-OH is 3. The number of anilines is 1. The van der Waals surface area contributed by atoms with Crippen LogP contribution in [-0.4, -0.2) is 49.8 Å². The molecule has 0 spiro atoms. The van der Waals surface area contributed by atoms with E-state index in [4.69, 9.17) is 15.6 Å². The van der Waals surface area contributed by atoms with Crippen LogP contribution in [0.25, 0.3) is 0 Å². The van der Waals surface area contributed by atoms with Gasteiger partial charge in [0.25, 0.3) is 0 Å². The van der Waals surface area contributed by atoms with Gasteiger partial charge in [-0.15, -0.1) is 0 Å². The smallest absolute Gasteiger partial charge is 0.351 e. The van der Waals surface area contributed by atoms with Crippen molar-refractivity contribution in [2.45, 2.75) is 24.5 Å². The van der Waals surface area contributed by atoms with Gasteiger partial charge in [0.05, 0.1) is 6.61 Å². The van der Waals surface area contributed by atoms with Gasteiger partial charge in [-0.05, 0) is 6.07 Å². The van der Waals surface area contributed by atoms with Crippen LogP contribution in [0.1, 0.15) is 6.23 Å². The van der Waals surface area contributed by atoms with Gasteiger partial charge in [-0.25, -0.2) is 4.79 Å². The first-order chi connectivity index (χ1) is 8.04. The number of nitrogen functional groups attached to an aromatic ring is 1. The molecule has 0 saturated carbocycles. The van der Waals surface area contributed by atoms with E-state index in [2.05, 4.69) is 4.98 Å². The van der Waals surface area contributed by atoms with E-state index in [9.17, 15) is 15.0 Å². The summed E-state index contributed by atoms with van der Waals surface area (Å²) in [6.45, 7) is -0.453. The zero-order valence-corrected chi connectivity index (χ0v) is 8.80. The highest BCUT2D eigenvalue weighted by molar-refractivity contribution is 5.23. The van der Waals surface area contributed by atoms with Crippen LogP contribution in [0.5, 0.6) is 0 Å². The van der Waals surface area contributed by atoms with Gasteiger partial charge < -0.3 is 25.8 Å². The summed E-state index contributed by atoms with van der Waals surface area (Å²) < 4.78 is 6.19. The summed E-state index contributed by atoms with van der Waals surface area (Å²) in [5.74, 6) is 0.0537. The lowest BCUT2D eigenvalue weighted by atomic mass is 11.1. The average Bonchev–Trinajstić information content (AvgIpc) is 2.57. The van der Waals surface area contributed by atoms with Crippen molar-refractivity contribution in [3.8, 4) is 0 Å². The molecule has 0 bridgehead atoms.